The Morgan fingerprint density at radius 1 is 1.16 bits per heavy atom. The molecule has 0 spiro atoms. The lowest BCUT2D eigenvalue weighted by Gasteiger charge is -2.11. The zero-order chi connectivity index (χ0) is 13.8. The van der Waals surface area contributed by atoms with Crippen LogP contribution in [0.5, 0.6) is 0 Å². The molecule has 2 aromatic rings. The highest BCUT2D eigenvalue weighted by Crippen LogP contribution is 2.18. The van der Waals surface area contributed by atoms with Gasteiger partial charge in [-0.2, -0.15) is 5.10 Å². The van der Waals surface area contributed by atoms with E-state index in [4.69, 9.17) is 0 Å². The van der Waals surface area contributed by atoms with Crippen LogP contribution < -0.4 is 5.32 Å². The van der Waals surface area contributed by atoms with Gasteiger partial charge in [0, 0.05) is 12.2 Å². The molecule has 0 bridgehead atoms. The molecule has 3 heteroatoms. The van der Waals surface area contributed by atoms with Gasteiger partial charge in [0.05, 0.1) is 11.4 Å². The van der Waals surface area contributed by atoms with Gasteiger partial charge in [0.1, 0.15) is 0 Å². The number of rotatable bonds is 5. The Morgan fingerprint density at radius 3 is 2.58 bits per heavy atom. The molecule has 0 saturated heterocycles. The topological polar surface area (TPSA) is 29.9 Å². The standard InChI is InChI=1S/C16H23N3/c1-5-8-17-11-15-7-6-12(2)16(10-15)19-14(4)9-13(3)18-19/h6-7,9-10,17H,5,8,11H2,1-4H3. The van der Waals surface area contributed by atoms with E-state index in [9.17, 15) is 0 Å². The molecule has 0 fully saturated rings. The third kappa shape index (κ3) is 3.24. The van der Waals surface area contributed by atoms with Crippen LogP contribution in [0.2, 0.25) is 0 Å². The maximum Gasteiger partial charge on any atom is 0.0681 e. The van der Waals surface area contributed by atoms with Crippen LogP contribution >= 0.6 is 0 Å². The summed E-state index contributed by atoms with van der Waals surface area (Å²) in [4.78, 5) is 0. The fourth-order valence-corrected chi connectivity index (χ4v) is 2.28. The van der Waals surface area contributed by atoms with Gasteiger partial charge in [-0.05, 0) is 57.0 Å². The number of aromatic nitrogens is 2. The van der Waals surface area contributed by atoms with Crippen LogP contribution in [0.15, 0.2) is 24.3 Å². The van der Waals surface area contributed by atoms with Gasteiger partial charge in [0.25, 0.3) is 0 Å². The molecule has 0 aliphatic carbocycles. The Balaban J connectivity index is 2.29. The molecular formula is C16H23N3. The summed E-state index contributed by atoms with van der Waals surface area (Å²) < 4.78 is 2.04. The second kappa shape index (κ2) is 6.02. The zero-order valence-electron chi connectivity index (χ0n) is 12.3. The Morgan fingerprint density at radius 2 is 1.95 bits per heavy atom. The van der Waals surface area contributed by atoms with Gasteiger partial charge in [-0.1, -0.05) is 19.1 Å². The SMILES string of the molecule is CCCNCc1ccc(C)c(-n2nc(C)cc2C)c1. The van der Waals surface area contributed by atoms with E-state index >= 15 is 0 Å². The first-order chi connectivity index (χ1) is 9.11. The van der Waals surface area contributed by atoms with Crippen molar-refractivity contribution in [2.45, 2.75) is 40.7 Å². The molecule has 1 aromatic heterocycles. The van der Waals surface area contributed by atoms with Gasteiger partial charge < -0.3 is 5.32 Å². The molecule has 0 radical (unpaired) electrons. The van der Waals surface area contributed by atoms with Crippen molar-refractivity contribution >= 4 is 0 Å². The summed E-state index contributed by atoms with van der Waals surface area (Å²) in [6, 6.07) is 8.71. The Hall–Kier alpha value is -1.61. The average molecular weight is 257 g/mol. The van der Waals surface area contributed by atoms with Crippen LogP contribution in [-0.2, 0) is 6.54 Å². The maximum absolute atomic E-state index is 4.58. The second-order valence-electron chi connectivity index (χ2n) is 5.14. The lowest BCUT2D eigenvalue weighted by Crippen LogP contribution is -2.14. The average Bonchev–Trinajstić information content (AvgIpc) is 2.71. The molecular weight excluding hydrogens is 234 g/mol. The summed E-state index contributed by atoms with van der Waals surface area (Å²) in [5.74, 6) is 0. The normalized spacial score (nSPS) is 10.9. The van der Waals surface area contributed by atoms with Gasteiger partial charge >= 0.3 is 0 Å². The molecule has 102 valence electrons. The van der Waals surface area contributed by atoms with Crippen LogP contribution in [-0.4, -0.2) is 16.3 Å². The van der Waals surface area contributed by atoms with Crippen LogP contribution in [0.1, 0.15) is 35.9 Å². The third-order valence-electron chi connectivity index (χ3n) is 3.27. The summed E-state index contributed by atoms with van der Waals surface area (Å²) in [6.45, 7) is 10.4. The number of aryl methyl sites for hydroxylation is 3. The van der Waals surface area contributed by atoms with Gasteiger partial charge in [-0.3, -0.25) is 0 Å². The van der Waals surface area contributed by atoms with E-state index < -0.39 is 0 Å². The van der Waals surface area contributed by atoms with Crippen LogP contribution in [0.3, 0.4) is 0 Å². The highest BCUT2D eigenvalue weighted by molar-refractivity contribution is 5.44. The van der Waals surface area contributed by atoms with Crippen LogP contribution in [0.4, 0.5) is 0 Å². The van der Waals surface area contributed by atoms with Gasteiger partial charge in [-0.15, -0.1) is 0 Å². The minimum Gasteiger partial charge on any atom is -0.313 e. The lowest BCUT2D eigenvalue weighted by atomic mass is 10.1. The predicted octanol–water partition coefficient (Wildman–Crippen LogP) is 3.30. The molecule has 1 aromatic carbocycles. The minimum atomic E-state index is 0.917. The van der Waals surface area contributed by atoms with E-state index in [2.05, 4.69) is 55.5 Å². The first kappa shape index (κ1) is 13.8. The van der Waals surface area contributed by atoms with Gasteiger partial charge in [0.2, 0.25) is 0 Å². The monoisotopic (exact) mass is 257 g/mol. The molecule has 0 aliphatic rings. The molecule has 0 atom stereocenters. The van der Waals surface area contributed by atoms with Crippen molar-refractivity contribution in [2.24, 2.45) is 0 Å². The smallest absolute Gasteiger partial charge is 0.0681 e. The van der Waals surface area contributed by atoms with E-state index in [-0.39, 0.29) is 0 Å². The first-order valence-corrected chi connectivity index (χ1v) is 6.95. The van der Waals surface area contributed by atoms with E-state index in [0.717, 1.165) is 25.2 Å². The van der Waals surface area contributed by atoms with E-state index in [1.54, 1.807) is 0 Å². The van der Waals surface area contributed by atoms with E-state index in [1.807, 2.05) is 11.6 Å². The van der Waals surface area contributed by atoms with Crippen LogP contribution in [0, 0.1) is 20.8 Å². The highest BCUT2D eigenvalue weighted by Gasteiger charge is 2.07. The largest absolute Gasteiger partial charge is 0.313 e. The molecule has 0 unspecified atom stereocenters. The number of benzene rings is 1. The fraction of sp³-hybridized carbons (Fsp3) is 0.438. The Kier molecular flexibility index (Phi) is 4.38. The maximum atomic E-state index is 4.58. The quantitative estimate of drug-likeness (QED) is 0.833. The number of nitrogens with zero attached hydrogens (tertiary/aromatic N) is 2. The number of hydrogen-bond donors (Lipinski definition) is 1. The van der Waals surface area contributed by atoms with E-state index in [0.29, 0.717) is 0 Å². The highest BCUT2D eigenvalue weighted by atomic mass is 15.3. The van der Waals surface area contributed by atoms with E-state index in [1.165, 1.54) is 22.5 Å². The Bertz CT molecular complexity index is 555. The molecule has 19 heavy (non-hydrogen) atoms. The second-order valence-corrected chi connectivity index (χ2v) is 5.14. The first-order valence-electron chi connectivity index (χ1n) is 6.95. The molecule has 3 nitrogen and oxygen atoms in total. The zero-order valence-corrected chi connectivity index (χ0v) is 12.3. The minimum absolute atomic E-state index is 0.917. The molecule has 0 aliphatic heterocycles. The van der Waals surface area contributed by atoms with Crippen molar-refractivity contribution in [3.63, 3.8) is 0 Å². The summed E-state index contributed by atoms with van der Waals surface area (Å²) >= 11 is 0. The van der Waals surface area contributed by atoms with Crippen molar-refractivity contribution in [3.05, 3.63) is 46.8 Å². The molecule has 0 saturated carbocycles. The molecule has 1 heterocycles. The molecule has 2 rings (SSSR count). The lowest BCUT2D eigenvalue weighted by molar-refractivity contribution is 0.674. The predicted molar refractivity (Wildman–Crippen MR) is 79.8 cm³/mol. The number of hydrogen-bond acceptors (Lipinski definition) is 2. The van der Waals surface area contributed by atoms with Crippen molar-refractivity contribution < 1.29 is 0 Å². The van der Waals surface area contributed by atoms with Crippen molar-refractivity contribution in [1.82, 2.24) is 15.1 Å². The van der Waals surface area contributed by atoms with Crippen molar-refractivity contribution in [1.29, 1.82) is 0 Å². The van der Waals surface area contributed by atoms with Crippen molar-refractivity contribution in [2.75, 3.05) is 6.54 Å². The molecule has 0 amide bonds. The van der Waals surface area contributed by atoms with Gasteiger partial charge in [0.15, 0.2) is 0 Å². The third-order valence-corrected chi connectivity index (χ3v) is 3.27. The summed E-state index contributed by atoms with van der Waals surface area (Å²) in [5.41, 5.74) is 5.99. The molecule has 1 N–H and O–H groups in total. The van der Waals surface area contributed by atoms with Crippen molar-refractivity contribution in [3.8, 4) is 5.69 Å². The van der Waals surface area contributed by atoms with Gasteiger partial charge in [-0.25, -0.2) is 4.68 Å². The Labute approximate surface area is 115 Å². The summed E-state index contributed by atoms with van der Waals surface area (Å²) in [6.07, 6.45) is 1.16. The van der Waals surface area contributed by atoms with Crippen LogP contribution in [0.25, 0.3) is 5.69 Å². The number of nitrogens with one attached hydrogen (secondary N) is 1. The fourth-order valence-electron chi connectivity index (χ4n) is 2.28. The summed E-state index contributed by atoms with van der Waals surface area (Å²) in [5, 5.41) is 8.01. The summed E-state index contributed by atoms with van der Waals surface area (Å²) in [7, 11) is 0.